The van der Waals surface area contributed by atoms with E-state index in [4.69, 9.17) is 20.4 Å². The fourth-order valence-electron chi connectivity index (χ4n) is 3.13. The number of hydrogen-bond donors (Lipinski definition) is 1. The highest BCUT2D eigenvalue weighted by Crippen LogP contribution is 2.29. The van der Waals surface area contributed by atoms with E-state index >= 15 is 0 Å². The fraction of sp³-hybridized carbons (Fsp3) is 0.474. The maximum absolute atomic E-state index is 12.4. The van der Waals surface area contributed by atoms with Crippen LogP contribution in [-0.2, 0) is 21.3 Å². The van der Waals surface area contributed by atoms with Gasteiger partial charge in [0.05, 0.1) is 30.7 Å². The molecule has 4 rings (SSSR count). The predicted octanol–water partition coefficient (Wildman–Crippen LogP) is 2.36. The van der Waals surface area contributed by atoms with E-state index < -0.39 is 10.8 Å². The van der Waals surface area contributed by atoms with Crippen molar-refractivity contribution in [1.29, 1.82) is 0 Å². The summed E-state index contributed by atoms with van der Waals surface area (Å²) in [4.78, 5) is 11.7. The van der Waals surface area contributed by atoms with Crippen LogP contribution >= 0.6 is 0 Å². The number of hydrogen-bond acceptors (Lipinski definition) is 6. The topological polar surface area (TPSA) is 81.3 Å². The zero-order valence-corrected chi connectivity index (χ0v) is 15.7. The maximum atomic E-state index is 12.4. The summed E-state index contributed by atoms with van der Waals surface area (Å²) < 4.78 is 18.0. The van der Waals surface area contributed by atoms with Gasteiger partial charge in [0.25, 0.3) is 0 Å². The molecule has 2 atom stereocenters. The van der Waals surface area contributed by atoms with E-state index in [0.29, 0.717) is 35.7 Å². The zero-order valence-electron chi connectivity index (χ0n) is 14.9. The zero-order chi connectivity index (χ0) is 18.1. The Morgan fingerprint density at radius 1 is 1.27 bits per heavy atom. The predicted molar refractivity (Wildman–Crippen MR) is 104 cm³/mol. The van der Waals surface area contributed by atoms with Crippen LogP contribution in [0.3, 0.4) is 0 Å². The highest BCUT2D eigenvalue weighted by Gasteiger charge is 2.29. The standard InChI is InChI=1S/C19H24N4O2S/c1-13-11-25-9-8-23(13)18-10-16(12-26(24)17-6-7-17)21-19(22-18)14-2-4-15(20)5-3-14/h2-5,10,13,17H,6-9,11-12,20H2,1H3. The van der Waals surface area contributed by atoms with Gasteiger partial charge in [-0.15, -0.1) is 0 Å². The lowest BCUT2D eigenvalue weighted by atomic mass is 10.2. The quantitative estimate of drug-likeness (QED) is 0.812. The second-order valence-corrected chi connectivity index (χ2v) is 8.72. The van der Waals surface area contributed by atoms with E-state index in [1.54, 1.807) is 0 Å². The van der Waals surface area contributed by atoms with Gasteiger partial charge in [0, 0.05) is 39.9 Å². The molecule has 2 aliphatic rings. The van der Waals surface area contributed by atoms with Crippen LogP contribution in [-0.4, -0.2) is 45.2 Å². The van der Waals surface area contributed by atoms with Crippen molar-refractivity contribution in [1.82, 2.24) is 9.97 Å². The minimum atomic E-state index is -0.855. The number of nitrogen functional groups attached to an aromatic ring is 1. The number of rotatable bonds is 5. The van der Waals surface area contributed by atoms with E-state index in [9.17, 15) is 4.21 Å². The van der Waals surface area contributed by atoms with Gasteiger partial charge in [-0.1, -0.05) is 0 Å². The van der Waals surface area contributed by atoms with Gasteiger partial charge >= 0.3 is 0 Å². The summed E-state index contributed by atoms with van der Waals surface area (Å²) in [5.41, 5.74) is 8.27. The molecule has 0 radical (unpaired) electrons. The minimum absolute atomic E-state index is 0.250. The fourth-order valence-corrected chi connectivity index (χ4v) is 4.46. The average Bonchev–Trinajstić information content (AvgIpc) is 3.48. The van der Waals surface area contributed by atoms with Gasteiger partial charge in [0.1, 0.15) is 5.82 Å². The van der Waals surface area contributed by atoms with Gasteiger partial charge in [-0.25, -0.2) is 9.97 Å². The lowest BCUT2D eigenvalue weighted by molar-refractivity contribution is 0.0985. The molecule has 2 heterocycles. The maximum Gasteiger partial charge on any atom is 0.161 e. The molecule has 1 aromatic heterocycles. The van der Waals surface area contributed by atoms with Crippen molar-refractivity contribution >= 4 is 22.3 Å². The van der Waals surface area contributed by atoms with Crippen molar-refractivity contribution in [2.45, 2.75) is 36.8 Å². The Bertz CT molecular complexity index is 808. The largest absolute Gasteiger partial charge is 0.399 e. The number of aromatic nitrogens is 2. The van der Waals surface area contributed by atoms with Crippen molar-refractivity contribution < 1.29 is 8.95 Å². The normalized spacial score (nSPS) is 21.6. The summed E-state index contributed by atoms with van der Waals surface area (Å²) >= 11 is 0. The highest BCUT2D eigenvalue weighted by atomic mass is 32.2. The molecule has 1 aliphatic carbocycles. The molecule has 2 unspecified atom stereocenters. The van der Waals surface area contributed by atoms with Crippen LogP contribution in [0, 0.1) is 0 Å². The first-order valence-electron chi connectivity index (χ1n) is 9.05. The SMILES string of the molecule is CC1COCCN1c1cc(CS(=O)C2CC2)nc(-c2ccc(N)cc2)n1. The van der Waals surface area contributed by atoms with E-state index in [1.807, 2.05) is 30.3 Å². The van der Waals surface area contributed by atoms with Crippen molar-refractivity contribution in [2.75, 3.05) is 30.4 Å². The van der Waals surface area contributed by atoms with Crippen LogP contribution in [0.1, 0.15) is 25.5 Å². The number of ether oxygens (including phenoxy) is 1. The second kappa shape index (κ2) is 7.32. The summed E-state index contributed by atoms with van der Waals surface area (Å²) in [6.07, 6.45) is 2.13. The summed E-state index contributed by atoms with van der Waals surface area (Å²) in [5, 5.41) is 0.343. The van der Waals surface area contributed by atoms with Crippen LogP contribution in [0.2, 0.25) is 0 Å². The van der Waals surface area contributed by atoms with Crippen molar-refractivity contribution in [3.63, 3.8) is 0 Å². The van der Waals surface area contributed by atoms with Crippen LogP contribution in [0.5, 0.6) is 0 Å². The molecule has 2 aromatic rings. The molecule has 0 bridgehead atoms. The number of nitrogens with zero attached hydrogens (tertiary/aromatic N) is 3. The first-order chi connectivity index (χ1) is 12.6. The van der Waals surface area contributed by atoms with Gasteiger partial charge in [-0.2, -0.15) is 0 Å². The molecule has 1 saturated carbocycles. The summed E-state index contributed by atoms with van der Waals surface area (Å²) in [5.74, 6) is 2.02. The second-order valence-electron chi connectivity index (χ2n) is 7.00. The monoisotopic (exact) mass is 372 g/mol. The van der Waals surface area contributed by atoms with Gasteiger partial charge in [-0.3, -0.25) is 4.21 Å². The van der Waals surface area contributed by atoms with Crippen molar-refractivity contribution in [3.05, 3.63) is 36.0 Å². The van der Waals surface area contributed by atoms with Crippen LogP contribution < -0.4 is 10.6 Å². The lowest BCUT2D eigenvalue weighted by Gasteiger charge is -2.34. The Morgan fingerprint density at radius 2 is 2.04 bits per heavy atom. The van der Waals surface area contributed by atoms with Crippen LogP contribution in [0.25, 0.3) is 11.4 Å². The Balaban J connectivity index is 1.70. The van der Waals surface area contributed by atoms with Crippen molar-refractivity contribution in [3.8, 4) is 11.4 Å². The molecule has 2 fully saturated rings. The number of benzene rings is 1. The molecular formula is C19H24N4O2S. The first kappa shape index (κ1) is 17.4. The number of nitrogens with two attached hydrogens (primary N) is 1. The molecule has 7 heteroatoms. The average molecular weight is 372 g/mol. The third kappa shape index (κ3) is 3.88. The van der Waals surface area contributed by atoms with Crippen LogP contribution in [0.15, 0.2) is 30.3 Å². The molecule has 138 valence electrons. The van der Waals surface area contributed by atoms with Crippen LogP contribution in [0.4, 0.5) is 11.5 Å². The Morgan fingerprint density at radius 3 is 2.73 bits per heavy atom. The van der Waals surface area contributed by atoms with Gasteiger partial charge in [0.15, 0.2) is 5.82 Å². The third-order valence-electron chi connectivity index (χ3n) is 4.78. The smallest absolute Gasteiger partial charge is 0.161 e. The number of anilines is 2. The van der Waals surface area contributed by atoms with E-state index in [1.165, 1.54) is 0 Å². The van der Waals surface area contributed by atoms with E-state index in [0.717, 1.165) is 36.5 Å². The highest BCUT2D eigenvalue weighted by molar-refractivity contribution is 7.85. The summed E-state index contributed by atoms with van der Waals surface area (Å²) in [6, 6.07) is 9.80. The van der Waals surface area contributed by atoms with E-state index in [-0.39, 0.29) is 6.04 Å². The third-order valence-corrected chi connectivity index (χ3v) is 6.58. The molecule has 2 N–H and O–H groups in total. The molecule has 6 nitrogen and oxygen atoms in total. The molecule has 0 spiro atoms. The summed E-state index contributed by atoms with van der Waals surface area (Å²) in [6.45, 7) is 4.30. The molecule has 1 aliphatic heterocycles. The Labute approximate surface area is 156 Å². The summed E-state index contributed by atoms with van der Waals surface area (Å²) in [7, 11) is -0.855. The van der Waals surface area contributed by atoms with Gasteiger partial charge in [0.2, 0.25) is 0 Å². The van der Waals surface area contributed by atoms with Gasteiger partial charge in [-0.05, 0) is 44.0 Å². The molecule has 0 amide bonds. The lowest BCUT2D eigenvalue weighted by Crippen LogP contribution is -2.44. The Hall–Kier alpha value is -1.99. The van der Waals surface area contributed by atoms with Gasteiger partial charge < -0.3 is 15.4 Å². The minimum Gasteiger partial charge on any atom is -0.399 e. The molecule has 1 saturated heterocycles. The Kier molecular flexibility index (Phi) is 4.91. The van der Waals surface area contributed by atoms with E-state index in [2.05, 4.69) is 11.8 Å². The van der Waals surface area contributed by atoms with Crippen molar-refractivity contribution in [2.24, 2.45) is 0 Å². The number of morpholine rings is 1. The first-order valence-corrected chi connectivity index (χ1v) is 10.4. The molecular weight excluding hydrogens is 348 g/mol. The molecule has 26 heavy (non-hydrogen) atoms. The molecule has 1 aromatic carbocycles.